The Bertz CT molecular complexity index is 947. The van der Waals surface area contributed by atoms with Crippen LogP contribution >= 0.6 is 35.3 Å². The van der Waals surface area contributed by atoms with E-state index in [1.54, 1.807) is 6.20 Å². The Morgan fingerprint density at radius 2 is 2.03 bits per heavy atom. The third kappa shape index (κ3) is 6.05. The van der Waals surface area contributed by atoms with E-state index in [2.05, 4.69) is 54.1 Å². The summed E-state index contributed by atoms with van der Waals surface area (Å²) in [4.78, 5) is 17.2. The van der Waals surface area contributed by atoms with E-state index < -0.39 is 0 Å². The molecular formula is C22H30IN7S. The molecule has 0 amide bonds. The van der Waals surface area contributed by atoms with Crippen molar-refractivity contribution in [2.45, 2.75) is 32.4 Å². The highest BCUT2D eigenvalue weighted by molar-refractivity contribution is 14.0. The number of halogens is 1. The summed E-state index contributed by atoms with van der Waals surface area (Å²) in [6.07, 6.45) is 8.18. The minimum Gasteiger partial charge on any atom is -0.354 e. The fourth-order valence-corrected chi connectivity index (χ4v) is 4.69. The van der Waals surface area contributed by atoms with Crippen molar-refractivity contribution in [1.82, 2.24) is 30.1 Å². The number of guanidine groups is 1. The molecule has 1 aliphatic rings. The number of hydrogen-bond acceptors (Lipinski definition) is 5. The zero-order valence-corrected chi connectivity index (χ0v) is 21.1. The summed E-state index contributed by atoms with van der Waals surface area (Å²) in [5.41, 5.74) is 1.11. The second-order valence-corrected chi connectivity index (χ2v) is 8.43. The maximum absolute atomic E-state index is 4.56. The van der Waals surface area contributed by atoms with Gasteiger partial charge in [-0.1, -0.05) is 12.1 Å². The van der Waals surface area contributed by atoms with Crippen molar-refractivity contribution < 1.29 is 0 Å². The zero-order valence-electron chi connectivity index (χ0n) is 18.0. The Hall–Kier alpha value is -1.98. The number of nitrogens with one attached hydrogen (secondary N) is 2. The lowest BCUT2D eigenvalue weighted by Crippen LogP contribution is -2.42. The summed E-state index contributed by atoms with van der Waals surface area (Å²) in [7, 11) is 1.81. The number of aromatic nitrogens is 3. The number of pyridine rings is 1. The van der Waals surface area contributed by atoms with Gasteiger partial charge in [-0.2, -0.15) is 0 Å². The van der Waals surface area contributed by atoms with Gasteiger partial charge in [0.2, 0.25) is 0 Å². The number of rotatable bonds is 7. The number of hydrogen-bond donors (Lipinski definition) is 2. The number of aryl methyl sites for hydroxylation is 1. The minimum absolute atomic E-state index is 0. The van der Waals surface area contributed by atoms with Gasteiger partial charge in [0, 0.05) is 43.6 Å². The molecule has 1 unspecified atom stereocenters. The molecule has 1 aliphatic heterocycles. The molecule has 1 saturated heterocycles. The smallest absolute Gasteiger partial charge is 0.191 e. The molecule has 7 nitrogen and oxygen atoms in total. The molecule has 0 saturated carbocycles. The standard InChI is InChI=1S/C22H29N7S.HI/c1-17-24-9-12-29(17)21-8-7-18(14-25-21)15-26-22(23-2)27-16-19(20-6-5-13-30-20)28-10-3-4-11-28;/h5-9,12-14,19H,3-4,10-11,15-16H2,1-2H3,(H2,23,26,27);1H. The summed E-state index contributed by atoms with van der Waals surface area (Å²) >= 11 is 1.83. The molecule has 9 heteroatoms. The van der Waals surface area contributed by atoms with Crippen molar-refractivity contribution in [3.63, 3.8) is 0 Å². The third-order valence-electron chi connectivity index (χ3n) is 5.48. The molecule has 3 aromatic rings. The van der Waals surface area contributed by atoms with Gasteiger partial charge in [-0.15, -0.1) is 35.3 Å². The fraction of sp³-hybridized carbons (Fsp3) is 0.409. The first-order chi connectivity index (χ1) is 14.7. The van der Waals surface area contributed by atoms with Crippen LogP contribution in [0.2, 0.25) is 0 Å². The fourth-order valence-electron chi connectivity index (χ4n) is 3.83. The Labute approximate surface area is 205 Å². The Morgan fingerprint density at radius 1 is 1.19 bits per heavy atom. The van der Waals surface area contributed by atoms with E-state index in [-0.39, 0.29) is 24.0 Å². The van der Waals surface area contributed by atoms with E-state index in [1.165, 1.54) is 30.8 Å². The number of thiophene rings is 1. The summed E-state index contributed by atoms with van der Waals surface area (Å²) in [6.45, 7) is 5.83. The van der Waals surface area contributed by atoms with Gasteiger partial charge < -0.3 is 10.6 Å². The Kier molecular flexibility index (Phi) is 8.85. The predicted molar refractivity (Wildman–Crippen MR) is 138 cm³/mol. The zero-order chi connectivity index (χ0) is 20.8. The predicted octanol–water partition coefficient (Wildman–Crippen LogP) is 3.76. The van der Waals surface area contributed by atoms with Crippen LogP contribution in [-0.2, 0) is 6.54 Å². The van der Waals surface area contributed by atoms with Crippen molar-refractivity contribution >= 4 is 41.3 Å². The highest BCUT2D eigenvalue weighted by Gasteiger charge is 2.24. The molecule has 2 N–H and O–H groups in total. The first-order valence-electron chi connectivity index (χ1n) is 10.4. The van der Waals surface area contributed by atoms with Crippen LogP contribution in [-0.4, -0.2) is 52.1 Å². The maximum atomic E-state index is 4.56. The molecule has 0 aliphatic carbocycles. The highest BCUT2D eigenvalue weighted by Crippen LogP contribution is 2.27. The SMILES string of the molecule is CN=C(NCc1ccc(-n2ccnc2C)nc1)NCC(c1cccs1)N1CCCC1.I. The lowest BCUT2D eigenvalue weighted by Gasteiger charge is -2.27. The van der Waals surface area contributed by atoms with Crippen molar-refractivity contribution in [3.8, 4) is 5.82 Å². The summed E-state index contributed by atoms with van der Waals surface area (Å²) in [5.74, 6) is 2.61. The van der Waals surface area contributed by atoms with E-state index in [9.17, 15) is 0 Å². The first kappa shape index (κ1) is 23.7. The van der Waals surface area contributed by atoms with Gasteiger partial charge in [-0.05, 0) is 55.9 Å². The molecule has 0 bridgehead atoms. The van der Waals surface area contributed by atoms with Crippen molar-refractivity contribution in [1.29, 1.82) is 0 Å². The summed E-state index contributed by atoms with van der Waals surface area (Å²) in [6, 6.07) is 8.87. The van der Waals surface area contributed by atoms with Crippen LogP contribution in [0.15, 0.2) is 53.2 Å². The second kappa shape index (κ2) is 11.6. The van der Waals surface area contributed by atoms with Crippen molar-refractivity contribution in [2.75, 3.05) is 26.7 Å². The van der Waals surface area contributed by atoms with Gasteiger partial charge in [0.05, 0.1) is 6.04 Å². The lowest BCUT2D eigenvalue weighted by atomic mass is 10.2. The molecule has 1 fully saturated rings. The maximum Gasteiger partial charge on any atom is 0.191 e. The van der Waals surface area contributed by atoms with Crippen LogP contribution in [0.25, 0.3) is 5.82 Å². The largest absolute Gasteiger partial charge is 0.354 e. The molecule has 0 spiro atoms. The van der Waals surface area contributed by atoms with Gasteiger partial charge >= 0.3 is 0 Å². The van der Waals surface area contributed by atoms with Crippen LogP contribution in [0.3, 0.4) is 0 Å². The van der Waals surface area contributed by atoms with E-state index >= 15 is 0 Å². The van der Waals surface area contributed by atoms with E-state index in [0.29, 0.717) is 12.6 Å². The lowest BCUT2D eigenvalue weighted by molar-refractivity contribution is 0.249. The number of aliphatic imine (C=N–C) groups is 1. The molecule has 0 radical (unpaired) electrons. The number of likely N-dealkylation sites (tertiary alicyclic amines) is 1. The molecule has 166 valence electrons. The average Bonchev–Trinajstić information content (AvgIpc) is 3.54. The second-order valence-electron chi connectivity index (χ2n) is 7.45. The van der Waals surface area contributed by atoms with Crippen LogP contribution in [0, 0.1) is 6.92 Å². The Morgan fingerprint density at radius 3 is 2.65 bits per heavy atom. The summed E-state index contributed by atoms with van der Waals surface area (Å²) < 4.78 is 1.97. The van der Waals surface area contributed by atoms with Crippen LogP contribution in [0.1, 0.15) is 35.1 Å². The van der Waals surface area contributed by atoms with Crippen molar-refractivity contribution in [2.24, 2.45) is 4.99 Å². The molecule has 1 atom stereocenters. The third-order valence-corrected chi connectivity index (χ3v) is 6.45. The van der Waals surface area contributed by atoms with E-state index in [4.69, 9.17) is 0 Å². The van der Waals surface area contributed by atoms with Crippen LogP contribution in [0.4, 0.5) is 0 Å². The molecule has 0 aromatic carbocycles. The Balaban J connectivity index is 0.00000272. The van der Waals surface area contributed by atoms with Gasteiger partial charge in [0.15, 0.2) is 5.96 Å². The summed E-state index contributed by atoms with van der Waals surface area (Å²) in [5, 5.41) is 9.08. The van der Waals surface area contributed by atoms with Gasteiger partial charge in [-0.25, -0.2) is 9.97 Å². The highest BCUT2D eigenvalue weighted by atomic mass is 127. The van der Waals surface area contributed by atoms with Gasteiger partial charge in [-0.3, -0.25) is 14.5 Å². The first-order valence-corrected chi connectivity index (χ1v) is 11.3. The monoisotopic (exact) mass is 551 g/mol. The minimum atomic E-state index is 0. The molecule has 4 rings (SSSR count). The van der Waals surface area contributed by atoms with Crippen LogP contribution in [0.5, 0.6) is 0 Å². The normalized spacial score (nSPS) is 15.5. The van der Waals surface area contributed by atoms with Gasteiger partial charge in [0.1, 0.15) is 11.6 Å². The topological polar surface area (TPSA) is 70.4 Å². The van der Waals surface area contributed by atoms with E-state index in [1.807, 2.05) is 48.3 Å². The van der Waals surface area contributed by atoms with Crippen molar-refractivity contribution in [3.05, 3.63) is 64.5 Å². The molecule has 31 heavy (non-hydrogen) atoms. The van der Waals surface area contributed by atoms with Crippen LogP contribution < -0.4 is 10.6 Å². The molecule has 4 heterocycles. The average molecular weight is 552 g/mol. The van der Waals surface area contributed by atoms with E-state index in [0.717, 1.165) is 29.7 Å². The molecule has 3 aromatic heterocycles. The molecular weight excluding hydrogens is 521 g/mol. The number of imidazole rings is 1. The van der Waals surface area contributed by atoms with Gasteiger partial charge in [0.25, 0.3) is 0 Å². The number of nitrogens with zero attached hydrogens (tertiary/aromatic N) is 5. The quantitative estimate of drug-likeness (QED) is 0.266.